The molecule has 0 saturated heterocycles. The minimum Gasteiger partial charge on any atom is -0.355 e. The Bertz CT molecular complexity index is 1090. The molecule has 2 aromatic rings. The molecule has 1 aromatic carbocycles. The third-order valence-corrected chi connectivity index (χ3v) is 5.68. The highest BCUT2D eigenvalue weighted by molar-refractivity contribution is 7.07. The van der Waals surface area contributed by atoms with E-state index in [1.165, 1.54) is 10.6 Å². The Balaban J connectivity index is 2.63. The first-order valence-electron chi connectivity index (χ1n) is 9.22. The number of carbonyl (C=O) groups is 2. The zero-order valence-corrected chi connectivity index (χ0v) is 19.2. The summed E-state index contributed by atoms with van der Waals surface area (Å²) in [5, 5.41) is 3.66. The zero-order chi connectivity index (χ0) is 21.8. The summed E-state index contributed by atoms with van der Waals surface area (Å²) in [6.45, 7) is 7.72. The fourth-order valence-corrected chi connectivity index (χ4v) is 3.84. The van der Waals surface area contributed by atoms with Crippen LogP contribution in [0.3, 0.4) is 0 Å². The SMILES string of the molecule is CCCNC(=O)Cn1c(=O)/c(=C/c2ccc(Cl)cc2Cl)s/c1=C/C(=O)C(C)(C)C. The molecule has 0 aliphatic heterocycles. The van der Waals surface area contributed by atoms with Gasteiger partial charge in [0.2, 0.25) is 5.91 Å². The molecule has 0 atom stereocenters. The van der Waals surface area contributed by atoms with Crippen molar-refractivity contribution in [1.82, 2.24) is 9.88 Å². The van der Waals surface area contributed by atoms with E-state index in [0.717, 1.165) is 17.8 Å². The Morgan fingerprint density at radius 1 is 1.24 bits per heavy atom. The first-order valence-corrected chi connectivity index (χ1v) is 10.8. The molecule has 0 spiro atoms. The van der Waals surface area contributed by atoms with E-state index < -0.39 is 5.41 Å². The standard InChI is InChI=1S/C21H24Cl2N2O3S/c1-5-8-24-18(27)12-25-19(11-17(26)21(2,3)4)29-16(20(25)28)9-13-6-7-14(22)10-15(13)23/h6-7,9-11H,5,8,12H2,1-4H3,(H,24,27)/b16-9-,19-11+. The van der Waals surface area contributed by atoms with Gasteiger partial charge in [0.1, 0.15) is 11.2 Å². The summed E-state index contributed by atoms with van der Waals surface area (Å²) in [7, 11) is 0. The molecule has 29 heavy (non-hydrogen) atoms. The molecule has 0 aliphatic rings. The average molecular weight is 455 g/mol. The third kappa shape index (κ3) is 6.29. The molecule has 0 radical (unpaired) electrons. The van der Waals surface area contributed by atoms with Crippen molar-refractivity contribution >= 4 is 58.4 Å². The van der Waals surface area contributed by atoms with Crippen molar-refractivity contribution in [2.45, 2.75) is 40.7 Å². The van der Waals surface area contributed by atoms with E-state index in [-0.39, 0.29) is 23.8 Å². The summed E-state index contributed by atoms with van der Waals surface area (Å²) in [6, 6.07) is 4.99. The number of halogens is 2. The highest BCUT2D eigenvalue weighted by Gasteiger charge is 2.20. The van der Waals surface area contributed by atoms with E-state index in [4.69, 9.17) is 23.2 Å². The summed E-state index contributed by atoms with van der Waals surface area (Å²) in [6.07, 6.45) is 3.87. The number of Topliss-reactive ketones (excluding diaryl/α,β-unsaturated/α-hetero) is 1. The molecule has 1 amide bonds. The smallest absolute Gasteiger partial charge is 0.269 e. The van der Waals surface area contributed by atoms with E-state index in [1.54, 1.807) is 45.0 Å². The Morgan fingerprint density at radius 2 is 1.93 bits per heavy atom. The first kappa shape index (κ1) is 23.4. The molecule has 1 heterocycles. The lowest BCUT2D eigenvalue weighted by atomic mass is 9.91. The number of rotatable bonds is 6. The number of thiazole rings is 1. The molecule has 0 aliphatic carbocycles. The quantitative estimate of drug-likeness (QED) is 0.729. The van der Waals surface area contributed by atoms with Crippen LogP contribution >= 0.6 is 34.5 Å². The maximum atomic E-state index is 13.0. The van der Waals surface area contributed by atoms with Gasteiger partial charge in [0.15, 0.2) is 5.78 Å². The Morgan fingerprint density at radius 3 is 2.52 bits per heavy atom. The van der Waals surface area contributed by atoms with Gasteiger partial charge in [-0.2, -0.15) is 0 Å². The second-order valence-corrected chi connectivity index (χ2v) is 9.52. The fourth-order valence-electron chi connectivity index (χ4n) is 2.35. The number of hydrogen-bond donors (Lipinski definition) is 1. The second-order valence-electron chi connectivity index (χ2n) is 7.61. The molecule has 0 saturated carbocycles. The molecule has 0 bridgehead atoms. The van der Waals surface area contributed by atoms with Crippen molar-refractivity contribution < 1.29 is 9.59 Å². The normalized spacial score (nSPS) is 13.0. The molecule has 156 valence electrons. The van der Waals surface area contributed by atoms with Gasteiger partial charge >= 0.3 is 0 Å². The van der Waals surface area contributed by atoms with Crippen molar-refractivity contribution in [2.24, 2.45) is 5.41 Å². The zero-order valence-electron chi connectivity index (χ0n) is 16.8. The number of carbonyl (C=O) groups excluding carboxylic acids is 2. The molecule has 0 fully saturated rings. The van der Waals surface area contributed by atoms with Gasteiger partial charge in [-0.25, -0.2) is 0 Å². The Labute approximate surface area is 183 Å². The van der Waals surface area contributed by atoms with Crippen LogP contribution in [0, 0.1) is 5.41 Å². The van der Waals surface area contributed by atoms with Gasteiger partial charge < -0.3 is 5.32 Å². The van der Waals surface area contributed by atoms with Crippen LogP contribution in [0.2, 0.25) is 10.0 Å². The van der Waals surface area contributed by atoms with Crippen LogP contribution in [0.1, 0.15) is 39.7 Å². The van der Waals surface area contributed by atoms with Gasteiger partial charge in [-0.1, -0.05) is 57.0 Å². The van der Waals surface area contributed by atoms with E-state index in [1.807, 2.05) is 6.92 Å². The molecule has 1 aromatic heterocycles. The largest absolute Gasteiger partial charge is 0.355 e. The van der Waals surface area contributed by atoms with Gasteiger partial charge in [0, 0.05) is 28.1 Å². The predicted molar refractivity (Wildman–Crippen MR) is 120 cm³/mol. The van der Waals surface area contributed by atoms with Crippen LogP contribution in [-0.4, -0.2) is 22.8 Å². The minimum atomic E-state index is -0.599. The van der Waals surface area contributed by atoms with E-state index in [2.05, 4.69) is 5.32 Å². The topological polar surface area (TPSA) is 68.2 Å². The highest BCUT2D eigenvalue weighted by Crippen LogP contribution is 2.21. The second kappa shape index (κ2) is 9.74. The minimum absolute atomic E-state index is 0.127. The lowest BCUT2D eigenvalue weighted by Crippen LogP contribution is -2.38. The van der Waals surface area contributed by atoms with Gasteiger partial charge in [0.25, 0.3) is 5.56 Å². The summed E-state index contributed by atoms with van der Waals surface area (Å²) < 4.78 is 2.14. The first-order chi connectivity index (χ1) is 13.5. The number of aromatic nitrogens is 1. The molecule has 5 nitrogen and oxygen atoms in total. The monoisotopic (exact) mass is 454 g/mol. The van der Waals surface area contributed by atoms with Crippen molar-refractivity contribution in [3.05, 3.63) is 53.4 Å². The summed E-state index contributed by atoms with van der Waals surface area (Å²) in [5.41, 5.74) is -0.315. The van der Waals surface area contributed by atoms with Crippen LogP contribution in [0.25, 0.3) is 12.2 Å². The van der Waals surface area contributed by atoms with Crippen LogP contribution in [-0.2, 0) is 16.1 Å². The average Bonchev–Trinajstić information content (AvgIpc) is 2.90. The number of benzene rings is 1. The maximum Gasteiger partial charge on any atom is 0.269 e. The van der Waals surface area contributed by atoms with Gasteiger partial charge in [-0.05, 0) is 30.2 Å². The van der Waals surface area contributed by atoms with Crippen molar-refractivity contribution in [3.63, 3.8) is 0 Å². The number of ketones is 1. The van der Waals surface area contributed by atoms with Crippen molar-refractivity contribution in [2.75, 3.05) is 6.54 Å². The number of amides is 1. The molecule has 2 rings (SSSR count). The van der Waals surface area contributed by atoms with Gasteiger partial charge in [-0.15, -0.1) is 11.3 Å². The number of hydrogen-bond acceptors (Lipinski definition) is 4. The lowest BCUT2D eigenvalue weighted by molar-refractivity contribution is -0.122. The van der Waals surface area contributed by atoms with Gasteiger partial charge in [-0.3, -0.25) is 19.0 Å². The summed E-state index contributed by atoms with van der Waals surface area (Å²) in [4.78, 5) is 37.7. The predicted octanol–water partition coefficient (Wildman–Crippen LogP) is 2.97. The van der Waals surface area contributed by atoms with E-state index >= 15 is 0 Å². The molecular formula is C21H24Cl2N2O3S. The molecular weight excluding hydrogens is 431 g/mol. The van der Waals surface area contributed by atoms with Crippen LogP contribution in [0.4, 0.5) is 0 Å². The highest BCUT2D eigenvalue weighted by atomic mass is 35.5. The summed E-state index contributed by atoms with van der Waals surface area (Å²) in [5.74, 6) is -0.404. The van der Waals surface area contributed by atoms with Crippen LogP contribution in [0.15, 0.2) is 23.0 Å². The Hall–Kier alpha value is -1.89. The van der Waals surface area contributed by atoms with Gasteiger partial charge in [0.05, 0.1) is 4.53 Å². The van der Waals surface area contributed by atoms with Crippen LogP contribution in [0.5, 0.6) is 0 Å². The van der Waals surface area contributed by atoms with Crippen molar-refractivity contribution in [1.29, 1.82) is 0 Å². The number of nitrogens with one attached hydrogen (secondary N) is 1. The van der Waals surface area contributed by atoms with Crippen molar-refractivity contribution in [3.8, 4) is 0 Å². The Kier molecular flexibility index (Phi) is 7.86. The summed E-state index contributed by atoms with van der Waals surface area (Å²) >= 11 is 13.3. The maximum absolute atomic E-state index is 13.0. The van der Waals surface area contributed by atoms with Crippen LogP contribution < -0.4 is 20.1 Å². The van der Waals surface area contributed by atoms with E-state index in [0.29, 0.717) is 31.3 Å². The fraction of sp³-hybridized carbons (Fsp3) is 0.381. The lowest BCUT2D eigenvalue weighted by Gasteiger charge is -2.12. The third-order valence-electron chi connectivity index (χ3n) is 4.05. The number of nitrogens with zero attached hydrogens (tertiary/aromatic N) is 1. The molecule has 8 heteroatoms. The molecule has 0 unspecified atom stereocenters. The van der Waals surface area contributed by atoms with E-state index in [9.17, 15) is 14.4 Å². The molecule has 1 N–H and O–H groups in total.